The summed E-state index contributed by atoms with van der Waals surface area (Å²) in [5.74, 6) is 0. The van der Waals surface area contributed by atoms with Crippen LogP contribution in [0, 0.1) is 0 Å². The van der Waals surface area contributed by atoms with E-state index in [1.54, 1.807) is 6.92 Å². The number of hydrogen-bond acceptors (Lipinski definition) is 3. The SMILES string of the molecule is CC[O-].O.O.O=P([O-])(O)O.[K+].[K+]. The van der Waals surface area contributed by atoms with E-state index >= 15 is 0 Å². The van der Waals surface area contributed by atoms with Crippen molar-refractivity contribution in [2.45, 2.75) is 6.92 Å². The average molecular weight is 256 g/mol. The number of phosphoric acid groups is 1. The van der Waals surface area contributed by atoms with Crippen molar-refractivity contribution in [3.8, 4) is 0 Å². The summed E-state index contributed by atoms with van der Waals surface area (Å²) in [5, 5.41) is 8.93. The van der Waals surface area contributed by atoms with Crippen molar-refractivity contribution in [2.24, 2.45) is 0 Å². The summed E-state index contributed by atoms with van der Waals surface area (Å²) in [4.78, 5) is 22.9. The van der Waals surface area contributed by atoms with Crippen LogP contribution in [0.25, 0.3) is 0 Å². The molecule has 0 aromatic carbocycles. The van der Waals surface area contributed by atoms with Gasteiger partial charge in [0.05, 0.1) is 0 Å². The fraction of sp³-hybridized carbons (Fsp3) is 1.00. The molecular weight excluding hydrogens is 245 g/mol. The average Bonchev–Trinajstić information content (AvgIpc) is 1.27. The molecule has 0 bridgehead atoms. The molecule has 7 nitrogen and oxygen atoms in total. The van der Waals surface area contributed by atoms with Crippen LogP contribution in [-0.2, 0) is 4.57 Å². The molecule has 0 aliphatic heterocycles. The fourth-order valence-electron chi connectivity index (χ4n) is 0. The molecule has 10 heteroatoms. The topological polar surface area (TPSA) is 167 Å². The number of hydrogen-bond donors (Lipinski definition) is 2. The van der Waals surface area contributed by atoms with E-state index in [0.717, 1.165) is 0 Å². The van der Waals surface area contributed by atoms with Crippen LogP contribution >= 0.6 is 7.82 Å². The maximum absolute atomic E-state index is 8.93. The van der Waals surface area contributed by atoms with Gasteiger partial charge in [0.2, 0.25) is 0 Å². The Balaban J connectivity index is -0.0000000119. The van der Waals surface area contributed by atoms with Crippen molar-refractivity contribution < 1.29 is 138 Å². The zero-order chi connectivity index (χ0) is 7.21. The van der Waals surface area contributed by atoms with Gasteiger partial charge in [0.15, 0.2) is 0 Å². The van der Waals surface area contributed by atoms with Gasteiger partial charge in [-0.05, 0) is 0 Å². The molecule has 12 heavy (non-hydrogen) atoms. The maximum Gasteiger partial charge on any atom is 1.00 e. The Morgan fingerprint density at radius 2 is 1.25 bits per heavy atom. The molecule has 0 fully saturated rings. The van der Waals surface area contributed by atoms with Crippen LogP contribution in [0.3, 0.4) is 0 Å². The summed E-state index contributed by atoms with van der Waals surface area (Å²) in [6, 6.07) is 0. The van der Waals surface area contributed by atoms with Gasteiger partial charge in [-0.3, -0.25) is 4.57 Å². The third-order valence-corrected chi connectivity index (χ3v) is 0. The van der Waals surface area contributed by atoms with E-state index in [0.29, 0.717) is 0 Å². The Bertz CT molecular complexity index is 75.2. The largest absolute Gasteiger partial charge is 1.00 e. The van der Waals surface area contributed by atoms with Gasteiger partial charge in [0.1, 0.15) is 0 Å². The van der Waals surface area contributed by atoms with Crippen molar-refractivity contribution in [2.75, 3.05) is 6.61 Å². The molecule has 0 aliphatic rings. The van der Waals surface area contributed by atoms with Crippen molar-refractivity contribution >= 4 is 7.82 Å². The molecular formula is C2H11K2O7P. The van der Waals surface area contributed by atoms with Gasteiger partial charge in [-0.15, -0.1) is 6.61 Å². The minimum absolute atomic E-state index is 0. The maximum atomic E-state index is 8.93. The third-order valence-electron chi connectivity index (χ3n) is 0. The third kappa shape index (κ3) is 187. The van der Waals surface area contributed by atoms with Crippen LogP contribution in [0.15, 0.2) is 0 Å². The van der Waals surface area contributed by atoms with Gasteiger partial charge >= 0.3 is 103 Å². The molecule has 68 valence electrons. The quantitative estimate of drug-likeness (QED) is 0.323. The summed E-state index contributed by atoms with van der Waals surface area (Å²) >= 11 is 0. The molecule has 0 saturated carbocycles. The zero-order valence-corrected chi connectivity index (χ0v) is 14.4. The van der Waals surface area contributed by atoms with Crippen molar-refractivity contribution in [3.05, 3.63) is 0 Å². The van der Waals surface area contributed by atoms with Gasteiger partial charge in [0, 0.05) is 0 Å². The second-order valence-corrected chi connectivity index (χ2v) is 1.76. The van der Waals surface area contributed by atoms with E-state index in [2.05, 4.69) is 0 Å². The summed E-state index contributed by atoms with van der Waals surface area (Å²) in [6.07, 6.45) is 0. The summed E-state index contributed by atoms with van der Waals surface area (Å²) in [6.45, 7) is 1.57. The Labute approximate surface area is 156 Å². The van der Waals surface area contributed by atoms with E-state index < -0.39 is 7.82 Å². The second-order valence-electron chi connectivity index (χ2n) is 0.779. The molecule has 0 spiro atoms. The predicted molar refractivity (Wildman–Crippen MR) is 29.8 cm³/mol. The van der Waals surface area contributed by atoms with E-state index in [4.69, 9.17) is 24.4 Å². The Hall–Kier alpha value is 3.26. The molecule has 0 aromatic heterocycles. The molecule has 0 atom stereocenters. The summed E-state index contributed by atoms with van der Waals surface area (Å²) < 4.78 is 8.77. The van der Waals surface area contributed by atoms with Gasteiger partial charge in [0.25, 0.3) is 7.82 Å². The van der Waals surface area contributed by atoms with E-state index in [1.165, 1.54) is 0 Å². The van der Waals surface area contributed by atoms with Crippen molar-refractivity contribution in [1.82, 2.24) is 0 Å². The smallest absolute Gasteiger partial charge is 0.855 e. The molecule has 0 rings (SSSR count). The van der Waals surface area contributed by atoms with Crippen LogP contribution < -0.4 is 113 Å². The molecule has 0 heterocycles. The van der Waals surface area contributed by atoms with Gasteiger partial charge in [-0.2, -0.15) is 0 Å². The Morgan fingerprint density at radius 3 is 1.25 bits per heavy atom. The first-order valence-corrected chi connectivity index (χ1v) is 3.29. The van der Waals surface area contributed by atoms with Crippen LogP contribution in [0.5, 0.6) is 0 Å². The molecule has 6 N–H and O–H groups in total. The minimum atomic E-state index is -4.89. The van der Waals surface area contributed by atoms with Crippen LogP contribution in [0.1, 0.15) is 6.92 Å². The van der Waals surface area contributed by atoms with E-state index in [1.807, 2.05) is 0 Å². The van der Waals surface area contributed by atoms with Crippen LogP contribution in [0.2, 0.25) is 0 Å². The normalized spacial score (nSPS) is 6.42. The molecule has 0 amide bonds. The van der Waals surface area contributed by atoms with Gasteiger partial charge < -0.3 is 30.7 Å². The number of rotatable bonds is 0. The van der Waals surface area contributed by atoms with Crippen LogP contribution in [0.4, 0.5) is 0 Å². The Morgan fingerprint density at radius 1 is 1.25 bits per heavy atom. The Kier molecular flexibility index (Phi) is 71.8. The summed E-state index contributed by atoms with van der Waals surface area (Å²) in [5.41, 5.74) is 0. The van der Waals surface area contributed by atoms with Gasteiger partial charge in [-0.25, -0.2) is 0 Å². The molecule has 0 aliphatic carbocycles. The second kappa shape index (κ2) is 23.8. The molecule has 0 radical (unpaired) electrons. The molecule has 0 saturated heterocycles. The summed E-state index contributed by atoms with van der Waals surface area (Å²) in [7, 11) is -4.89. The van der Waals surface area contributed by atoms with Gasteiger partial charge in [-0.1, -0.05) is 6.92 Å². The van der Waals surface area contributed by atoms with Crippen molar-refractivity contribution in [3.63, 3.8) is 0 Å². The zero-order valence-electron chi connectivity index (χ0n) is 7.27. The monoisotopic (exact) mass is 256 g/mol. The minimum Gasteiger partial charge on any atom is -0.855 e. The molecule has 0 unspecified atom stereocenters. The van der Waals surface area contributed by atoms with Crippen LogP contribution in [-0.4, -0.2) is 27.3 Å². The first-order chi connectivity index (χ1) is 3.41. The van der Waals surface area contributed by atoms with Crippen molar-refractivity contribution in [1.29, 1.82) is 0 Å². The first-order valence-electron chi connectivity index (χ1n) is 1.76. The molecule has 0 aromatic rings. The predicted octanol–water partition coefficient (Wildman–Crippen LogP) is -9.84. The standard InChI is InChI=1S/C2H5O.2K.H3O4P.2H2O/c1-2-3;;;1-5(2,3)4;;/h2H2,1H3;;;(H3,1,2,3,4);2*1H2/q-1;2*+1;;;/p-1. The fourth-order valence-corrected chi connectivity index (χ4v) is 0. The first kappa shape index (κ1) is 36.2. The van der Waals surface area contributed by atoms with E-state index in [-0.39, 0.29) is 120 Å². The van der Waals surface area contributed by atoms with E-state index in [9.17, 15) is 0 Å².